The molecule has 0 aliphatic rings. The Morgan fingerprint density at radius 3 is 2.41 bits per heavy atom. The van der Waals surface area contributed by atoms with E-state index in [1.165, 1.54) is 0 Å². The van der Waals surface area contributed by atoms with Gasteiger partial charge in [-0.3, -0.25) is 4.79 Å². The fourth-order valence-electron chi connectivity index (χ4n) is 4.39. The van der Waals surface area contributed by atoms with Crippen LogP contribution in [0.1, 0.15) is 5.56 Å². The van der Waals surface area contributed by atoms with Crippen LogP contribution in [0.4, 0.5) is 0 Å². The van der Waals surface area contributed by atoms with E-state index in [9.17, 15) is 4.79 Å². The van der Waals surface area contributed by atoms with Crippen molar-refractivity contribution in [3.63, 3.8) is 0 Å². The predicted octanol–water partition coefficient (Wildman–Crippen LogP) is 6.13. The van der Waals surface area contributed by atoms with Crippen LogP contribution in [-0.4, -0.2) is 9.97 Å². The summed E-state index contributed by atoms with van der Waals surface area (Å²) in [5.74, 6) is 0. The first-order chi connectivity index (χ1) is 16.7. The first kappa shape index (κ1) is 20.1. The summed E-state index contributed by atoms with van der Waals surface area (Å²) in [6.07, 6.45) is 3.41. The molecule has 3 heterocycles. The van der Waals surface area contributed by atoms with Gasteiger partial charge in [0.1, 0.15) is 5.58 Å². The largest absolute Gasteiger partial charge is 0.464 e. The Morgan fingerprint density at radius 2 is 1.62 bits per heavy atom. The second-order valence-corrected chi connectivity index (χ2v) is 8.25. The minimum atomic E-state index is -0.169. The van der Waals surface area contributed by atoms with Crippen LogP contribution in [0, 0.1) is 0 Å². The smallest absolute Gasteiger partial charge is 0.257 e. The van der Waals surface area contributed by atoms with Crippen LogP contribution < -0.4 is 11.3 Å². The second-order valence-electron chi connectivity index (χ2n) is 8.25. The Balaban J connectivity index is 1.66. The topological polar surface area (TPSA) is 84.9 Å². The molecule has 0 amide bonds. The fraction of sp³-hybridized carbons (Fsp3) is 0.0345. The van der Waals surface area contributed by atoms with Gasteiger partial charge >= 0.3 is 0 Å². The van der Waals surface area contributed by atoms with E-state index in [2.05, 4.69) is 11.1 Å². The monoisotopic (exact) mass is 443 g/mol. The molecule has 3 aromatic heterocycles. The van der Waals surface area contributed by atoms with Crippen molar-refractivity contribution in [2.45, 2.75) is 6.54 Å². The Kier molecular flexibility index (Phi) is 4.82. The van der Waals surface area contributed by atoms with Crippen molar-refractivity contribution >= 4 is 21.9 Å². The molecule has 6 rings (SSSR count). The Bertz CT molecular complexity index is 1700. The number of benzene rings is 3. The maximum atomic E-state index is 12.9. The lowest BCUT2D eigenvalue weighted by molar-refractivity contribution is 0.616. The van der Waals surface area contributed by atoms with Crippen LogP contribution in [0.3, 0.4) is 0 Å². The highest BCUT2D eigenvalue weighted by Gasteiger charge is 2.16. The van der Waals surface area contributed by atoms with Crippen molar-refractivity contribution in [2.75, 3.05) is 0 Å². The normalized spacial score (nSPS) is 11.3. The Labute approximate surface area is 195 Å². The average molecular weight is 444 g/mol. The summed E-state index contributed by atoms with van der Waals surface area (Å²) >= 11 is 0. The number of nitrogens with two attached hydrogens (primary N) is 1. The molecular formula is C29H21N3O2. The van der Waals surface area contributed by atoms with Gasteiger partial charge in [0.25, 0.3) is 5.56 Å². The molecule has 34 heavy (non-hydrogen) atoms. The lowest BCUT2D eigenvalue weighted by Gasteiger charge is -2.14. The maximum Gasteiger partial charge on any atom is 0.257 e. The zero-order valence-electron chi connectivity index (χ0n) is 18.3. The number of pyridine rings is 2. The lowest BCUT2D eigenvalue weighted by Crippen LogP contribution is -2.08. The zero-order valence-corrected chi connectivity index (χ0v) is 18.3. The van der Waals surface area contributed by atoms with E-state index in [0.29, 0.717) is 17.4 Å². The third-order valence-electron chi connectivity index (χ3n) is 6.18. The van der Waals surface area contributed by atoms with Crippen LogP contribution in [0.2, 0.25) is 0 Å². The molecule has 0 unspecified atom stereocenters. The molecule has 0 radical (unpaired) electrons. The molecule has 0 aliphatic carbocycles. The number of fused-ring (bicyclic) bond motifs is 2. The Morgan fingerprint density at radius 1 is 0.824 bits per heavy atom. The van der Waals surface area contributed by atoms with Crippen molar-refractivity contribution in [1.29, 1.82) is 0 Å². The van der Waals surface area contributed by atoms with E-state index < -0.39 is 0 Å². The van der Waals surface area contributed by atoms with Gasteiger partial charge in [-0.15, -0.1) is 0 Å². The quantitative estimate of drug-likeness (QED) is 0.343. The SMILES string of the molecule is NCc1ccc(-c2nc3c(-c4ccc5occc5c4)c[nH]c(=O)c3cc2-c2ccccc2)cc1. The van der Waals surface area contributed by atoms with Gasteiger partial charge in [-0.05, 0) is 41.0 Å². The molecule has 3 N–H and O–H groups in total. The highest BCUT2D eigenvalue weighted by atomic mass is 16.3. The molecule has 0 saturated heterocycles. The first-order valence-electron chi connectivity index (χ1n) is 11.1. The highest BCUT2D eigenvalue weighted by molar-refractivity contribution is 5.99. The fourth-order valence-corrected chi connectivity index (χ4v) is 4.39. The lowest BCUT2D eigenvalue weighted by atomic mass is 9.95. The van der Waals surface area contributed by atoms with E-state index in [1.54, 1.807) is 12.5 Å². The van der Waals surface area contributed by atoms with Gasteiger partial charge in [0.05, 0.1) is 22.9 Å². The number of hydrogen-bond donors (Lipinski definition) is 2. The van der Waals surface area contributed by atoms with E-state index in [0.717, 1.165) is 50.0 Å². The number of rotatable bonds is 4. The second kappa shape index (κ2) is 8.14. The van der Waals surface area contributed by atoms with Crippen molar-refractivity contribution in [1.82, 2.24) is 9.97 Å². The third kappa shape index (κ3) is 3.39. The van der Waals surface area contributed by atoms with Gasteiger partial charge < -0.3 is 15.1 Å². The molecule has 0 bridgehead atoms. The number of hydrogen-bond acceptors (Lipinski definition) is 4. The number of nitrogens with one attached hydrogen (secondary N) is 1. The molecule has 0 aliphatic heterocycles. The van der Waals surface area contributed by atoms with Crippen molar-refractivity contribution in [3.05, 3.63) is 113 Å². The molecule has 5 nitrogen and oxygen atoms in total. The average Bonchev–Trinajstić information content (AvgIpc) is 3.37. The summed E-state index contributed by atoms with van der Waals surface area (Å²) < 4.78 is 5.49. The van der Waals surface area contributed by atoms with Crippen LogP contribution in [0.25, 0.3) is 55.4 Å². The van der Waals surface area contributed by atoms with Crippen LogP contribution >= 0.6 is 0 Å². The van der Waals surface area contributed by atoms with Crippen LogP contribution in [0.15, 0.2) is 107 Å². The van der Waals surface area contributed by atoms with Crippen LogP contribution in [0.5, 0.6) is 0 Å². The minimum Gasteiger partial charge on any atom is -0.464 e. The zero-order chi connectivity index (χ0) is 23.1. The maximum absolute atomic E-state index is 12.9. The van der Waals surface area contributed by atoms with Crippen LogP contribution in [-0.2, 0) is 6.54 Å². The molecule has 164 valence electrons. The van der Waals surface area contributed by atoms with Crippen molar-refractivity contribution in [3.8, 4) is 33.5 Å². The highest BCUT2D eigenvalue weighted by Crippen LogP contribution is 2.36. The van der Waals surface area contributed by atoms with Gasteiger partial charge in [0, 0.05) is 34.8 Å². The van der Waals surface area contributed by atoms with E-state index in [4.69, 9.17) is 15.1 Å². The summed E-state index contributed by atoms with van der Waals surface area (Å²) in [5, 5.41) is 1.54. The number of aromatic amines is 1. The van der Waals surface area contributed by atoms with Gasteiger partial charge in [-0.2, -0.15) is 0 Å². The van der Waals surface area contributed by atoms with Crippen molar-refractivity contribution < 1.29 is 4.42 Å². The van der Waals surface area contributed by atoms with Gasteiger partial charge in [0.2, 0.25) is 0 Å². The minimum absolute atomic E-state index is 0.169. The first-order valence-corrected chi connectivity index (χ1v) is 11.1. The Hall–Kier alpha value is -4.48. The summed E-state index contributed by atoms with van der Waals surface area (Å²) in [7, 11) is 0. The summed E-state index contributed by atoms with van der Waals surface area (Å²) in [5.41, 5.74) is 13.7. The summed E-state index contributed by atoms with van der Waals surface area (Å²) in [4.78, 5) is 20.9. The van der Waals surface area contributed by atoms with E-state index >= 15 is 0 Å². The summed E-state index contributed by atoms with van der Waals surface area (Å²) in [6, 6.07) is 28.0. The molecule has 3 aromatic carbocycles. The molecule has 6 aromatic rings. The third-order valence-corrected chi connectivity index (χ3v) is 6.18. The van der Waals surface area contributed by atoms with E-state index in [1.807, 2.05) is 78.9 Å². The molecule has 0 atom stereocenters. The number of H-pyrrole nitrogens is 1. The van der Waals surface area contributed by atoms with Gasteiger partial charge in [-0.1, -0.05) is 60.7 Å². The van der Waals surface area contributed by atoms with Gasteiger partial charge in [0.15, 0.2) is 0 Å². The molecule has 0 saturated carbocycles. The van der Waals surface area contributed by atoms with E-state index in [-0.39, 0.29) is 5.56 Å². The number of aromatic nitrogens is 2. The van der Waals surface area contributed by atoms with Gasteiger partial charge in [-0.25, -0.2) is 4.98 Å². The summed E-state index contributed by atoms with van der Waals surface area (Å²) in [6.45, 7) is 0.479. The predicted molar refractivity (Wildman–Crippen MR) is 136 cm³/mol. The van der Waals surface area contributed by atoms with Crippen molar-refractivity contribution in [2.24, 2.45) is 5.73 Å². The number of furan rings is 1. The molecule has 5 heteroatoms. The molecule has 0 spiro atoms. The number of nitrogens with zero attached hydrogens (tertiary/aromatic N) is 1. The molecular weight excluding hydrogens is 422 g/mol. The molecule has 0 fully saturated rings. The standard InChI is InChI=1S/C29H21N3O2/c30-16-18-6-8-20(9-7-18)27-23(19-4-2-1-3-5-19)15-24-28(32-27)25(17-31-29(24)33)21-10-11-26-22(14-21)12-13-34-26/h1-15,17H,16,30H2,(H,31,33).